The van der Waals surface area contributed by atoms with Crippen molar-refractivity contribution >= 4 is 17.6 Å². The molecule has 1 aromatic carbocycles. The molecule has 0 amide bonds. The summed E-state index contributed by atoms with van der Waals surface area (Å²) >= 11 is 5.66. The normalized spacial score (nSPS) is 10.1. The highest BCUT2D eigenvalue weighted by molar-refractivity contribution is 6.30. The molecule has 92 valence electrons. The topological polar surface area (TPSA) is 72.3 Å². The molecule has 0 aliphatic heterocycles. The largest absolute Gasteiger partial charge is 0.481 e. The molecule has 2 rings (SSSR count). The molecular weight excluding hydrogens is 256 g/mol. The molecule has 0 aliphatic carbocycles. The van der Waals surface area contributed by atoms with Gasteiger partial charge in [0, 0.05) is 5.56 Å². The summed E-state index contributed by atoms with van der Waals surface area (Å²) in [6, 6.07) is 6.96. The second-order valence-electron chi connectivity index (χ2n) is 3.46. The summed E-state index contributed by atoms with van der Waals surface area (Å²) in [5, 5.41) is 9.19. The lowest BCUT2D eigenvalue weighted by Gasteiger charge is -2.07. The van der Waals surface area contributed by atoms with Crippen molar-refractivity contribution < 1.29 is 14.6 Å². The van der Waals surface area contributed by atoms with Crippen LogP contribution in [0.5, 0.6) is 11.8 Å². The molecule has 0 aliphatic rings. The SMILES string of the molecule is O=C(O)Cc1ccccc1Oc1ncc(Cl)cn1. The van der Waals surface area contributed by atoms with E-state index in [1.807, 2.05) is 0 Å². The number of rotatable bonds is 4. The van der Waals surface area contributed by atoms with Crippen LogP contribution >= 0.6 is 11.6 Å². The first-order chi connectivity index (χ1) is 8.65. The minimum absolute atomic E-state index is 0.121. The van der Waals surface area contributed by atoms with Gasteiger partial charge in [0.05, 0.1) is 23.8 Å². The number of hydrogen-bond acceptors (Lipinski definition) is 4. The van der Waals surface area contributed by atoms with E-state index in [1.54, 1.807) is 24.3 Å². The van der Waals surface area contributed by atoms with Gasteiger partial charge in [-0.25, -0.2) is 9.97 Å². The molecule has 0 bridgehead atoms. The Morgan fingerprint density at radius 2 is 1.94 bits per heavy atom. The first-order valence-electron chi connectivity index (χ1n) is 5.10. The van der Waals surface area contributed by atoms with E-state index in [0.717, 1.165) is 0 Å². The Balaban J connectivity index is 2.23. The number of benzene rings is 1. The predicted octanol–water partition coefficient (Wildman–Crippen LogP) is 2.55. The Kier molecular flexibility index (Phi) is 3.74. The highest BCUT2D eigenvalue weighted by atomic mass is 35.5. The number of carboxylic acids is 1. The van der Waals surface area contributed by atoms with Gasteiger partial charge in [0.25, 0.3) is 0 Å². The van der Waals surface area contributed by atoms with E-state index >= 15 is 0 Å². The molecule has 0 saturated heterocycles. The van der Waals surface area contributed by atoms with Crippen LogP contribution in [0.25, 0.3) is 0 Å². The second kappa shape index (κ2) is 5.46. The molecule has 0 fully saturated rings. The number of aliphatic carboxylic acids is 1. The van der Waals surface area contributed by atoms with Gasteiger partial charge in [0.2, 0.25) is 0 Å². The third-order valence-corrected chi connectivity index (χ3v) is 2.31. The zero-order valence-electron chi connectivity index (χ0n) is 9.21. The number of halogens is 1. The summed E-state index contributed by atoms with van der Waals surface area (Å²) in [7, 11) is 0. The number of hydrogen-bond donors (Lipinski definition) is 1. The fraction of sp³-hybridized carbons (Fsp3) is 0.0833. The van der Waals surface area contributed by atoms with Crippen molar-refractivity contribution in [3.8, 4) is 11.8 Å². The monoisotopic (exact) mass is 264 g/mol. The molecule has 0 saturated carbocycles. The number of para-hydroxylation sites is 1. The lowest BCUT2D eigenvalue weighted by molar-refractivity contribution is -0.136. The number of ether oxygens (including phenoxy) is 1. The van der Waals surface area contributed by atoms with Gasteiger partial charge in [-0.2, -0.15) is 0 Å². The van der Waals surface area contributed by atoms with Crippen LogP contribution in [0.3, 0.4) is 0 Å². The fourth-order valence-electron chi connectivity index (χ4n) is 1.36. The Bertz CT molecular complexity index is 558. The van der Waals surface area contributed by atoms with Crippen molar-refractivity contribution in [2.75, 3.05) is 0 Å². The summed E-state index contributed by atoms with van der Waals surface area (Å²) in [4.78, 5) is 18.5. The standard InChI is InChI=1S/C12H9ClN2O3/c13-9-6-14-12(15-7-9)18-10-4-2-1-3-8(10)5-11(16)17/h1-4,6-7H,5H2,(H,16,17). The predicted molar refractivity (Wildman–Crippen MR) is 64.9 cm³/mol. The molecule has 5 nitrogen and oxygen atoms in total. The van der Waals surface area contributed by atoms with E-state index in [4.69, 9.17) is 21.4 Å². The molecule has 6 heteroatoms. The summed E-state index contributed by atoms with van der Waals surface area (Å²) < 4.78 is 5.42. The molecule has 2 aromatic rings. The maximum absolute atomic E-state index is 10.7. The third kappa shape index (κ3) is 3.18. The maximum Gasteiger partial charge on any atom is 0.321 e. The summed E-state index contributed by atoms with van der Waals surface area (Å²) in [5.74, 6) is -0.509. The van der Waals surface area contributed by atoms with Crippen LogP contribution in [0.15, 0.2) is 36.7 Å². The molecule has 0 unspecified atom stereocenters. The smallest absolute Gasteiger partial charge is 0.321 e. The Morgan fingerprint density at radius 3 is 2.61 bits per heavy atom. The van der Waals surface area contributed by atoms with Crippen LogP contribution in [0.2, 0.25) is 5.02 Å². The van der Waals surface area contributed by atoms with Crippen molar-refractivity contribution in [2.45, 2.75) is 6.42 Å². The number of carboxylic acid groups (broad SMARTS) is 1. The van der Waals surface area contributed by atoms with Gasteiger partial charge in [-0.05, 0) is 6.07 Å². The highest BCUT2D eigenvalue weighted by Gasteiger charge is 2.09. The van der Waals surface area contributed by atoms with Crippen molar-refractivity contribution in [3.63, 3.8) is 0 Å². The highest BCUT2D eigenvalue weighted by Crippen LogP contribution is 2.23. The number of carbonyl (C=O) groups is 1. The second-order valence-corrected chi connectivity index (χ2v) is 3.90. The zero-order chi connectivity index (χ0) is 13.0. The van der Waals surface area contributed by atoms with Gasteiger partial charge in [-0.15, -0.1) is 0 Å². The zero-order valence-corrected chi connectivity index (χ0v) is 9.96. The fourth-order valence-corrected chi connectivity index (χ4v) is 1.46. The van der Waals surface area contributed by atoms with Crippen LogP contribution < -0.4 is 4.74 Å². The van der Waals surface area contributed by atoms with Gasteiger partial charge in [-0.1, -0.05) is 29.8 Å². The lowest BCUT2D eigenvalue weighted by Crippen LogP contribution is -2.02. The summed E-state index contributed by atoms with van der Waals surface area (Å²) in [6.45, 7) is 0. The molecule has 0 atom stereocenters. The molecule has 1 aromatic heterocycles. The first-order valence-corrected chi connectivity index (χ1v) is 5.48. The summed E-state index contributed by atoms with van der Waals surface area (Å²) in [6.07, 6.45) is 2.69. The van der Waals surface area contributed by atoms with Gasteiger partial charge in [-0.3, -0.25) is 4.79 Å². The van der Waals surface area contributed by atoms with E-state index in [9.17, 15) is 4.79 Å². The minimum Gasteiger partial charge on any atom is -0.481 e. The molecule has 18 heavy (non-hydrogen) atoms. The van der Waals surface area contributed by atoms with Crippen molar-refractivity contribution in [1.29, 1.82) is 0 Å². The molecule has 0 radical (unpaired) electrons. The van der Waals surface area contributed by atoms with Crippen molar-refractivity contribution in [3.05, 3.63) is 47.2 Å². The Labute approximate surface area is 108 Å². The van der Waals surface area contributed by atoms with E-state index in [1.165, 1.54) is 12.4 Å². The van der Waals surface area contributed by atoms with Crippen molar-refractivity contribution in [1.82, 2.24) is 9.97 Å². The quantitative estimate of drug-likeness (QED) is 0.919. The molecule has 1 heterocycles. The van der Waals surface area contributed by atoms with Gasteiger partial charge >= 0.3 is 12.0 Å². The summed E-state index contributed by atoms with van der Waals surface area (Å²) in [5.41, 5.74) is 0.559. The van der Waals surface area contributed by atoms with Crippen LogP contribution in [-0.4, -0.2) is 21.0 Å². The van der Waals surface area contributed by atoms with E-state index in [-0.39, 0.29) is 12.4 Å². The van der Waals surface area contributed by atoms with Crippen LogP contribution in [0.4, 0.5) is 0 Å². The van der Waals surface area contributed by atoms with Crippen LogP contribution in [0, 0.1) is 0 Å². The first kappa shape index (κ1) is 12.3. The average Bonchev–Trinajstić information content (AvgIpc) is 2.34. The van der Waals surface area contributed by atoms with E-state index in [0.29, 0.717) is 16.3 Å². The lowest BCUT2D eigenvalue weighted by atomic mass is 10.1. The van der Waals surface area contributed by atoms with Gasteiger partial charge < -0.3 is 9.84 Å². The number of aromatic nitrogens is 2. The van der Waals surface area contributed by atoms with Crippen molar-refractivity contribution in [2.24, 2.45) is 0 Å². The Hall–Kier alpha value is -2.14. The minimum atomic E-state index is -0.928. The molecule has 0 spiro atoms. The average molecular weight is 265 g/mol. The van der Waals surface area contributed by atoms with Crippen LogP contribution in [-0.2, 0) is 11.2 Å². The van der Waals surface area contributed by atoms with E-state index < -0.39 is 5.97 Å². The third-order valence-electron chi connectivity index (χ3n) is 2.11. The van der Waals surface area contributed by atoms with Gasteiger partial charge in [0.15, 0.2) is 0 Å². The maximum atomic E-state index is 10.7. The molecular formula is C12H9ClN2O3. The van der Waals surface area contributed by atoms with E-state index in [2.05, 4.69) is 9.97 Å². The Morgan fingerprint density at radius 1 is 1.28 bits per heavy atom. The number of nitrogens with zero attached hydrogens (tertiary/aromatic N) is 2. The molecule has 1 N–H and O–H groups in total. The van der Waals surface area contributed by atoms with Crippen LogP contribution in [0.1, 0.15) is 5.56 Å². The van der Waals surface area contributed by atoms with Gasteiger partial charge in [0.1, 0.15) is 5.75 Å².